The van der Waals surface area contributed by atoms with Gasteiger partial charge in [0.1, 0.15) is 0 Å². The maximum absolute atomic E-state index is 11.9. The van der Waals surface area contributed by atoms with Crippen molar-refractivity contribution in [3.05, 3.63) is 0 Å². The van der Waals surface area contributed by atoms with E-state index in [0.717, 1.165) is 12.8 Å². The number of carbonyl (C=O) groups excluding carboxylic acids is 2. The zero-order valence-corrected chi connectivity index (χ0v) is 12.0. The molecule has 1 rings (SSSR count). The van der Waals surface area contributed by atoms with Crippen LogP contribution in [0.5, 0.6) is 0 Å². The molecule has 2 atom stereocenters. The predicted octanol–water partition coefficient (Wildman–Crippen LogP) is 1.84. The van der Waals surface area contributed by atoms with E-state index >= 15 is 0 Å². The third-order valence-electron chi connectivity index (χ3n) is 3.13. The van der Waals surface area contributed by atoms with Crippen molar-refractivity contribution in [3.63, 3.8) is 0 Å². The smallest absolute Gasteiger partial charge is 0.220 e. The van der Waals surface area contributed by atoms with Crippen molar-refractivity contribution in [2.45, 2.75) is 59.4 Å². The van der Waals surface area contributed by atoms with E-state index in [1.807, 2.05) is 0 Å². The van der Waals surface area contributed by atoms with E-state index in [0.29, 0.717) is 25.3 Å². The van der Waals surface area contributed by atoms with Crippen LogP contribution in [0.2, 0.25) is 0 Å². The average Bonchev–Trinajstić information content (AvgIpc) is 2.18. The van der Waals surface area contributed by atoms with Crippen LogP contribution >= 0.6 is 0 Å². The normalized spacial score (nSPS) is 22.2. The van der Waals surface area contributed by atoms with E-state index < -0.39 is 0 Å². The number of nitrogens with one attached hydrogen (secondary N) is 2. The Morgan fingerprint density at radius 3 is 2.67 bits per heavy atom. The zero-order valence-electron chi connectivity index (χ0n) is 12.0. The molecule has 0 aromatic heterocycles. The van der Waals surface area contributed by atoms with Crippen molar-refractivity contribution < 1.29 is 9.59 Å². The minimum absolute atomic E-state index is 0.0848. The monoisotopic (exact) mass is 254 g/mol. The molecule has 1 aliphatic heterocycles. The molecular weight excluding hydrogens is 228 g/mol. The van der Waals surface area contributed by atoms with Gasteiger partial charge in [0.2, 0.25) is 11.8 Å². The van der Waals surface area contributed by atoms with Gasteiger partial charge in [0.05, 0.1) is 0 Å². The summed E-state index contributed by atoms with van der Waals surface area (Å²) >= 11 is 0. The van der Waals surface area contributed by atoms with Crippen molar-refractivity contribution >= 4 is 11.8 Å². The Morgan fingerprint density at radius 1 is 1.50 bits per heavy atom. The molecule has 0 aromatic carbocycles. The van der Waals surface area contributed by atoms with E-state index in [4.69, 9.17) is 0 Å². The summed E-state index contributed by atoms with van der Waals surface area (Å²) in [6.07, 6.45) is 2.89. The van der Waals surface area contributed by atoms with E-state index in [1.54, 1.807) is 0 Å². The van der Waals surface area contributed by atoms with Gasteiger partial charge in [0.25, 0.3) is 0 Å². The molecule has 4 heteroatoms. The summed E-state index contributed by atoms with van der Waals surface area (Å²) in [4.78, 5) is 22.9. The maximum Gasteiger partial charge on any atom is 0.220 e. The van der Waals surface area contributed by atoms with Crippen LogP contribution in [0, 0.1) is 11.3 Å². The lowest BCUT2D eigenvalue weighted by atomic mass is 9.84. The summed E-state index contributed by atoms with van der Waals surface area (Å²) in [6, 6.07) is 0.108. The second-order valence-electron chi connectivity index (χ2n) is 6.68. The van der Waals surface area contributed by atoms with E-state index in [9.17, 15) is 9.59 Å². The molecule has 0 spiro atoms. The number of carbonyl (C=O) groups is 2. The Morgan fingerprint density at radius 2 is 2.17 bits per heavy atom. The second kappa shape index (κ2) is 6.21. The van der Waals surface area contributed by atoms with Gasteiger partial charge >= 0.3 is 0 Å². The van der Waals surface area contributed by atoms with E-state index in [2.05, 4.69) is 38.3 Å². The molecule has 1 fully saturated rings. The van der Waals surface area contributed by atoms with E-state index in [1.165, 1.54) is 0 Å². The van der Waals surface area contributed by atoms with Crippen molar-refractivity contribution in [1.82, 2.24) is 10.6 Å². The van der Waals surface area contributed by atoms with Gasteiger partial charge in [-0.05, 0) is 24.2 Å². The van der Waals surface area contributed by atoms with Crippen LogP contribution in [-0.2, 0) is 9.59 Å². The molecule has 18 heavy (non-hydrogen) atoms. The van der Waals surface area contributed by atoms with Crippen molar-refractivity contribution in [2.75, 3.05) is 6.54 Å². The summed E-state index contributed by atoms with van der Waals surface area (Å²) in [7, 11) is 0. The molecule has 1 heterocycles. The number of hydrogen-bond acceptors (Lipinski definition) is 2. The molecule has 0 radical (unpaired) electrons. The summed E-state index contributed by atoms with van der Waals surface area (Å²) in [5, 5.41) is 5.78. The molecular formula is C14H26N2O2. The Kier molecular flexibility index (Phi) is 5.17. The minimum atomic E-state index is 0.0848. The van der Waals surface area contributed by atoms with Crippen molar-refractivity contribution in [3.8, 4) is 0 Å². The molecule has 0 saturated carbocycles. The van der Waals surface area contributed by atoms with Gasteiger partial charge in [-0.2, -0.15) is 0 Å². The largest absolute Gasteiger partial charge is 0.354 e. The highest BCUT2D eigenvalue weighted by molar-refractivity contribution is 5.79. The Bertz CT molecular complexity index is 297. The van der Waals surface area contributed by atoms with Gasteiger partial charge in [-0.1, -0.05) is 27.7 Å². The van der Waals surface area contributed by atoms with Gasteiger partial charge in [-0.3, -0.25) is 9.59 Å². The summed E-state index contributed by atoms with van der Waals surface area (Å²) in [6.45, 7) is 9.26. The quantitative estimate of drug-likeness (QED) is 0.804. The lowest BCUT2D eigenvalue weighted by Crippen LogP contribution is -2.48. The van der Waals surface area contributed by atoms with Crippen LogP contribution in [0.15, 0.2) is 0 Å². The van der Waals surface area contributed by atoms with E-state index in [-0.39, 0.29) is 23.3 Å². The highest BCUT2D eigenvalue weighted by Crippen LogP contribution is 2.25. The van der Waals surface area contributed by atoms with Gasteiger partial charge in [0.15, 0.2) is 0 Å². The molecule has 2 N–H and O–H groups in total. The van der Waals surface area contributed by atoms with Crippen molar-refractivity contribution in [1.29, 1.82) is 0 Å². The molecule has 0 aliphatic carbocycles. The fourth-order valence-electron chi connectivity index (χ4n) is 2.58. The Hall–Kier alpha value is -1.06. The zero-order chi connectivity index (χ0) is 13.8. The van der Waals surface area contributed by atoms with Crippen LogP contribution in [0.4, 0.5) is 0 Å². The summed E-state index contributed by atoms with van der Waals surface area (Å²) in [5.41, 5.74) is 0.262. The van der Waals surface area contributed by atoms with Crippen LogP contribution in [0.1, 0.15) is 53.4 Å². The van der Waals surface area contributed by atoms with Gasteiger partial charge in [0, 0.05) is 25.4 Å². The number of amides is 2. The van der Waals surface area contributed by atoms with Crippen LogP contribution in [-0.4, -0.2) is 24.4 Å². The SMILES string of the molecule is CC(CC(=O)NC1CCC(=O)NC1)CC(C)(C)C. The molecule has 1 saturated heterocycles. The first-order valence-electron chi connectivity index (χ1n) is 6.82. The number of piperidine rings is 1. The van der Waals surface area contributed by atoms with Crippen molar-refractivity contribution in [2.24, 2.45) is 11.3 Å². The molecule has 0 aromatic rings. The van der Waals surface area contributed by atoms with Gasteiger partial charge in [-0.15, -0.1) is 0 Å². The van der Waals surface area contributed by atoms with Gasteiger partial charge in [-0.25, -0.2) is 0 Å². The first kappa shape index (κ1) is 15.0. The second-order valence-corrected chi connectivity index (χ2v) is 6.68. The fourth-order valence-corrected chi connectivity index (χ4v) is 2.58. The molecule has 4 nitrogen and oxygen atoms in total. The highest BCUT2D eigenvalue weighted by atomic mass is 16.2. The van der Waals surface area contributed by atoms with Crippen LogP contribution in [0.25, 0.3) is 0 Å². The first-order chi connectivity index (χ1) is 8.26. The lowest BCUT2D eigenvalue weighted by Gasteiger charge is -2.26. The predicted molar refractivity (Wildman–Crippen MR) is 72.0 cm³/mol. The minimum Gasteiger partial charge on any atom is -0.354 e. The molecule has 1 aliphatic rings. The third-order valence-corrected chi connectivity index (χ3v) is 3.13. The molecule has 104 valence electrons. The summed E-state index contributed by atoms with van der Waals surface area (Å²) < 4.78 is 0. The fraction of sp³-hybridized carbons (Fsp3) is 0.857. The molecule has 2 amide bonds. The number of hydrogen-bond donors (Lipinski definition) is 2. The van der Waals surface area contributed by atoms with Crippen LogP contribution < -0.4 is 10.6 Å². The molecule has 0 bridgehead atoms. The Labute approximate surface area is 110 Å². The standard InChI is InChI=1S/C14H26N2O2/c1-10(8-14(2,3)4)7-13(18)16-11-5-6-12(17)15-9-11/h10-11H,5-9H2,1-4H3,(H,15,17)(H,16,18). The Balaban J connectivity index is 2.27. The van der Waals surface area contributed by atoms with Gasteiger partial charge < -0.3 is 10.6 Å². The molecule has 2 unspecified atom stereocenters. The number of rotatable bonds is 4. The lowest BCUT2D eigenvalue weighted by molar-refractivity contribution is -0.126. The average molecular weight is 254 g/mol. The maximum atomic E-state index is 11.9. The first-order valence-corrected chi connectivity index (χ1v) is 6.82. The summed E-state index contributed by atoms with van der Waals surface area (Å²) in [5.74, 6) is 0.581. The third kappa shape index (κ3) is 6.03. The topological polar surface area (TPSA) is 58.2 Å². The highest BCUT2D eigenvalue weighted by Gasteiger charge is 2.22. The van der Waals surface area contributed by atoms with Crippen LogP contribution in [0.3, 0.4) is 0 Å².